The number of carbonyl (C=O) groups is 2. The van der Waals surface area contributed by atoms with Crippen LogP contribution in [0.5, 0.6) is 0 Å². The van der Waals surface area contributed by atoms with Gasteiger partial charge < -0.3 is 14.6 Å². The van der Waals surface area contributed by atoms with Crippen LogP contribution in [-0.4, -0.2) is 59.6 Å². The van der Waals surface area contributed by atoms with Crippen LogP contribution in [0.3, 0.4) is 0 Å². The van der Waals surface area contributed by atoms with Crippen LogP contribution in [0, 0.1) is 17.6 Å². The SMILES string of the molecule is O=C(CC1CC(c2ccc(F)cc2F)=NO1)N1CCN(C(=O)C2CCCCC2)CC1. The van der Waals surface area contributed by atoms with Gasteiger partial charge in [0.05, 0.1) is 12.1 Å². The van der Waals surface area contributed by atoms with E-state index in [0.717, 1.165) is 31.7 Å². The lowest BCUT2D eigenvalue weighted by Gasteiger charge is -2.37. The molecule has 2 amide bonds. The number of amides is 2. The summed E-state index contributed by atoms with van der Waals surface area (Å²) in [4.78, 5) is 34.3. The molecule has 0 N–H and O–H groups in total. The third kappa shape index (κ3) is 4.63. The lowest BCUT2D eigenvalue weighted by atomic mass is 9.88. The van der Waals surface area contributed by atoms with Gasteiger partial charge in [0, 0.05) is 50.1 Å². The Balaban J connectivity index is 1.24. The number of hydrogen-bond acceptors (Lipinski definition) is 4. The molecule has 2 aliphatic heterocycles. The second-order valence-corrected chi connectivity index (χ2v) is 8.34. The first-order valence-corrected chi connectivity index (χ1v) is 10.8. The Morgan fingerprint density at radius 1 is 1.03 bits per heavy atom. The molecule has 0 aromatic heterocycles. The maximum Gasteiger partial charge on any atom is 0.226 e. The van der Waals surface area contributed by atoms with Crippen LogP contribution in [0.4, 0.5) is 8.78 Å². The largest absolute Gasteiger partial charge is 0.391 e. The van der Waals surface area contributed by atoms with Crippen molar-refractivity contribution in [1.29, 1.82) is 0 Å². The molecule has 1 aromatic rings. The highest BCUT2D eigenvalue weighted by molar-refractivity contribution is 6.01. The van der Waals surface area contributed by atoms with Crippen molar-refractivity contribution in [2.24, 2.45) is 11.1 Å². The zero-order chi connectivity index (χ0) is 21.1. The molecule has 1 unspecified atom stereocenters. The molecule has 4 rings (SSSR count). The number of carbonyl (C=O) groups excluding carboxylic acids is 2. The van der Waals surface area contributed by atoms with E-state index in [1.54, 1.807) is 4.90 Å². The fraction of sp³-hybridized carbons (Fsp3) is 0.591. The number of piperazine rings is 1. The van der Waals surface area contributed by atoms with E-state index in [9.17, 15) is 18.4 Å². The van der Waals surface area contributed by atoms with Gasteiger partial charge in [-0.2, -0.15) is 0 Å². The van der Waals surface area contributed by atoms with Gasteiger partial charge >= 0.3 is 0 Å². The van der Waals surface area contributed by atoms with Gasteiger partial charge in [0.15, 0.2) is 0 Å². The number of halogens is 2. The number of benzene rings is 1. The second kappa shape index (κ2) is 9.10. The summed E-state index contributed by atoms with van der Waals surface area (Å²) in [5.74, 6) is -1.01. The van der Waals surface area contributed by atoms with Crippen molar-refractivity contribution in [3.63, 3.8) is 0 Å². The standard InChI is InChI=1S/C22H27F2N3O3/c23-16-6-7-18(19(24)12-16)20-13-17(30-25-20)14-21(28)26-8-10-27(11-9-26)22(29)15-4-2-1-3-5-15/h6-7,12,15,17H,1-5,8-11,13-14H2. The summed E-state index contributed by atoms with van der Waals surface area (Å²) in [6.45, 7) is 2.17. The van der Waals surface area contributed by atoms with Gasteiger partial charge in [-0.05, 0) is 25.0 Å². The van der Waals surface area contributed by atoms with Gasteiger partial charge in [-0.15, -0.1) is 0 Å². The Hall–Kier alpha value is -2.51. The minimum absolute atomic E-state index is 0.0548. The first kappa shape index (κ1) is 20.8. The highest BCUT2D eigenvalue weighted by Crippen LogP contribution is 2.26. The first-order chi connectivity index (χ1) is 14.5. The molecule has 6 nitrogen and oxygen atoms in total. The minimum atomic E-state index is -0.692. The predicted octanol–water partition coefficient (Wildman–Crippen LogP) is 3.10. The third-order valence-electron chi connectivity index (χ3n) is 6.28. The lowest BCUT2D eigenvalue weighted by Crippen LogP contribution is -2.52. The molecular weight excluding hydrogens is 392 g/mol. The van der Waals surface area contributed by atoms with Crippen molar-refractivity contribution in [2.45, 2.75) is 51.0 Å². The fourth-order valence-corrected chi connectivity index (χ4v) is 4.53. The molecule has 1 aromatic carbocycles. The summed E-state index contributed by atoms with van der Waals surface area (Å²) >= 11 is 0. The van der Waals surface area contributed by atoms with Crippen LogP contribution in [0.2, 0.25) is 0 Å². The van der Waals surface area contributed by atoms with Crippen LogP contribution < -0.4 is 0 Å². The number of hydrogen-bond donors (Lipinski definition) is 0. The van der Waals surface area contributed by atoms with Crippen molar-refractivity contribution in [2.75, 3.05) is 26.2 Å². The molecule has 1 saturated carbocycles. The fourth-order valence-electron chi connectivity index (χ4n) is 4.53. The average molecular weight is 419 g/mol. The Bertz CT molecular complexity index is 831. The Morgan fingerprint density at radius 2 is 1.73 bits per heavy atom. The maximum atomic E-state index is 13.9. The molecule has 2 fully saturated rings. The number of oxime groups is 1. The van der Waals surface area contributed by atoms with Crippen LogP contribution in [0.1, 0.15) is 50.5 Å². The Kier molecular flexibility index (Phi) is 6.29. The summed E-state index contributed by atoms with van der Waals surface area (Å²) in [7, 11) is 0. The van der Waals surface area contributed by atoms with Crippen molar-refractivity contribution < 1.29 is 23.2 Å². The third-order valence-corrected chi connectivity index (χ3v) is 6.28. The summed E-state index contributed by atoms with van der Waals surface area (Å²) < 4.78 is 27.0. The van der Waals surface area contributed by atoms with Crippen molar-refractivity contribution in [3.05, 3.63) is 35.4 Å². The van der Waals surface area contributed by atoms with Crippen LogP contribution in [-0.2, 0) is 14.4 Å². The summed E-state index contributed by atoms with van der Waals surface area (Å²) in [5, 5.41) is 3.89. The van der Waals surface area contributed by atoms with E-state index in [-0.39, 0.29) is 29.7 Å². The Labute approximate surface area is 174 Å². The zero-order valence-electron chi connectivity index (χ0n) is 17.0. The molecule has 1 saturated heterocycles. The molecule has 0 spiro atoms. The topological polar surface area (TPSA) is 62.2 Å². The van der Waals surface area contributed by atoms with Crippen molar-refractivity contribution in [3.8, 4) is 0 Å². The van der Waals surface area contributed by atoms with Crippen LogP contribution in [0.25, 0.3) is 0 Å². The molecule has 0 radical (unpaired) electrons. The smallest absolute Gasteiger partial charge is 0.226 e. The molecule has 2 heterocycles. The van der Waals surface area contributed by atoms with Crippen LogP contribution >= 0.6 is 0 Å². The number of rotatable bonds is 4. The van der Waals surface area contributed by atoms with E-state index >= 15 is 0 Å². The van der Waals surface area contributed by atoms with E-state index in [4.69, 9.17) is 4.84 Å². The van der Waals surface area contributed by atoms with E-state index in [1.165, 1.54) is 18.6 Å². The van der Waals surface area contributed by atoms with Crippen molar-refractivity contribution >= 4 is 17.5 Å². The van der Waals surface area contributed by atoms with Gasteiger partial charge in [-0.1, -0.05) is 24.4 Å². The maximum absolute atomic E-state index is 13.9. The van der Waals surface area contributed by atoms with E-state index in [0.29, 0.717) is 38.3 Å². The summed E-state index contributed by atoms with van der Waals surface area (Å²) in [6, 6.07) is 3.32. The van der Waals surface area contributed by atoms with Gasteiger partial charge in [0.1, 0.15) is 17.7 Å². The molecule has 3 aliphatic rings. The number of nitrogens with zero attached hydrogens (tertiary/aromatic N) is 3. The Morgan fingerprint density at radius 3 is 2.43 bits per heavy atom. The molecule has 0 bridgehead atoms. The van der Waals surface area contributed by atoms with Gasteiger partial charge in [0.2, 0.25) is 11.8 Å². The van der Waals surface area contributed by atoms with E-state index in [1.807, 2.05) is 4.90 Å². The van der Waals surface area contributed by atoms with Crippen molar-refractivity contribution in [1.82, 2.24) is 9.80 Å². The van der Waals surface area contributed by atoms with Gasteiger partial charge in [-0.25, -0.2) is 8.78 Å². The lowest BCUT2D eigenvalue weighted by molar-refractivity contribution is -0.143. The van der Waals surface area contributed by atoms with E-state index in [2.05, 4.69) is 5.16 Å². The molecule has 162 valence electrons. The van der Waals surface area contributed by atoms with Crippen LogP contribution in [0.15, 0.2) is 23.4 Å². The quantitative estimate of drug-likeness (QED) is 0.754. The molecule has 1 aliphatic carbocycles. The van der Waals surface area contributed by atoms with Gasteiger partial charge in [-0.3, -0.25) is 9.59 Å². The summed E-state index contributed by atoms with van der Waals surface area (Å²) in [6.07, 6.45) is 5.42. The highest BCUT2D eigenvalue weighted by atomic mass is 19.1. The highest BCUT2D eigenvalue weighted by Gasteiger charge is 2.32. The minimum Gasteiger partial charge on any atom is -0.391 e. The summed E-state index contributed by atoms with van der Waals surface area (Å²) in [5.41, 5.74) is 0.578. The predicted molar refractivity (Wildman–Crippen MR) is 107 cm³/mol. The molecule has 1 atom stereocenters. The molecular formula is C22H27F2N3O3. The van der Waals surface area contributed by atoms with E-state index < -0.39 is 17.7 Å². The van der Waals surface area contributed by atoms with Gasteiger partial charge in [0.25, 0.3) is 0 Å². The zero-order valence-corrected chi connectivity index (χ0v) is 17.0. The normalized spacial score (nSPS) is 22.6. The first-order valence-electron chi connectivity index (χ1n) is 10.8. The molecule has 30 heavy (non-hydrogen) atoms. The monoisotopic (exact) mass is 419 g/mol. The average Bonchev–Trinajstić information content (AvgIpc) is 3.22. The second-order valence-electron chi connectivity index (χ2n) is 8.34. The molecule has 8 heteroatoms.